The number of nitrogens with zero attached hydrogens (tertiary/aromatic N) is 2. The van der Waals surface area contributed by atoms with Gasteiger partial charge in [-0.25, -0.2) is 4.79 Å². The molecule has 0 aromatic carbocycles. The Labute approximate surface area is 126 Å². The molecule has 2 rings (SSSR count). The van der Waals surface area contributed by atoms with E-state index in [-0.39, 0.29) is 18.1 Å². The van der Waals surface area contributed by atoms with Gasteiger partial charge in [-0.15, -0.1) is 0 Å². The predicted molar refractivity (Wildman–Crippen MR) is 80.2 cm³/mol. The van der Waals surface area contributed by atoms with Crippen molar-refractivity contribution in [3.8, 4) is 0 Å². The first kappa shape index (κ1) is 16.1. The van der Waals surface area contributed by atoms with E-state index in [2.05, 4.69) is 24.2 Å². The third kappa shape index (κ3) is 4.09. The van der Waals surface area contributed by atoms with Crippen molar-refractivity contribution >= 4 is 12.0 Å². The molecular weight excluding hydrogens is 270 g/mol. The van der Waals surface area contributed by atoms with Gasteiger partial charge in [0.05, 0.1) is 5.92 Å². The first-order valence-electron chi connectivity index (χ1n) is 7.97. The minimum absolute atomic E-state index is 0.101. The molecule has 2 amide bonds. The molecular formula is C15H27N3O3. The Bertz CT molecular complexity index is 388. The highest BCUT2D eigenvalue weighted by atomic mass is 16.4. The fourth-order valence-electron chi connectivity index (χ4n) is 3.51. The smallest absolute Gasteiger partial charge is 0.317 e. The van der Waals surface area contributed by atoms with Gasteiger partial charge in [-0.3, -0.25) is 4.79 Å². The van der Waals surface area contributed by atoms with Crippen molar-refractivity contribution in [3.63, 3.8) is 0 Å². The summed E-state index contributed by atoms with van der Waals surface area (Å²) in [5, 5.41) is 12.3. The van der Waals surface area contributed by atoms with Crippen molar-refractivity contribution in [1.82, 2.24) is 15.1 Å². The standard InChI is InChI=1S/C15H27N3O3/c1-11-10-17(2)8-5-9-18(11)15(21)16-13-7-4-3-6-12(13)14(19)20/h11-13H,3-10H2,1-2H3,(H,16,21)(H,19,20). The molecule has 6 heteroatoms. The van der Waals surface area contributed by atoms with Crippen LogP contribution in [-0.4, -0.2) is 65.7 Å². The Morgan fingerprint density at radius 3 is 2.57 bits per heavy atom. The molecule has 0 bridgehead atoms. The van der Waals surface area contributed by atoms with E-state index in [0.717, 1.165) is 45.3 Å². The van der Waals surface area contributed by atoms with Gasteiger partial charge in [0, 0.05) is 25.2 Å². The molecule has 3 atom stereocenters. The highest BCUT2D eigenvalue weighted by Crippen LogP contribution is 2.25. The second kappa shape index (κ2) is 7.11. The van der Waals surface area contributed by atoms with Crippen LogP contribution in [0.15, 0.2) is 0 Å². The molecule has 0 spiro atoms. The summed E-state index contributed by atoms with van der Waals surface area (Å²) < 4.78 is 0. The number of carboxylic acid groups (broad SMARTS) is 1. The lowest BCUT2D eigenvalue weighted by Gasteiger charge is -2.34. The number of carbonyl (C=O) groups excluding carboxylic acids is 1. The molecule has 0 radical (unpaired) electrons. The van der Waals surface area contributed by atoms with Gasteiger partial charge >= 0.3 is 12.0 Å². The van der Waals surface area contributed by atoms with E-state index in [4.69, 9.17) is 0 Å². The maximum Gasteiger partial charge on any atom is 0.317 e. The average Bonchev–Trinajstić information content (AvgIpc) is 2.59. The van der Waals surface area contributed by atoms with Crippen LogP contribution in [0.25, 0.3) is 0 Å². The predicted octanol–water partition coefficient (Wildman–Crippen LogP) is 1.37. The van der Waals surface area contributed by atoms with Crippen LogP contribution in [0.1, 0.15) is 39.0 Å². The van der Waals surface area contributed by atoms with E-state index in [1.165, 1.54) is 0 Å². The maximum absolute atomic E-state index is 12.5. The molecule has 0 aromatic heterocycles. The SMILES string of the molecule is CC1CN(C)CCCN1C(=O)NC1CCCCC1C(=O)O. The number of carbonyl (C=O) groups is 2. The fraction of sp³-hybridized carbons (Fsp3) is 0.867. The second-order valence-electron chi connectivity index (χ2n) is 6.44. The van der Waals surface area contributed by atoms with Gasteiger partial charge in [0.2, 0.25) is 0 Å². The minimum Gasteiger partial charge on any atom is -0.481 e. The van der Waals surface area contributed by atoms with E-state index in [9.17, 15) is 14.7 Å². The third-order valence-electron chi connectivity index (χ3n) is 4.70. The summed E-state index contributed by atoms with van der Waals surface area (Å²) in [5.74, 6) is -1.23. The van der Waals surface area contributed by atoms with Gasteiger partial charge in [0.1, 0.15) is 0 Å². The summed E-state index contributed by atoms with van der Waals surface area (Å²) in [6, 6.07) is -0.169. The number of hydrogen-bond donors (Lipinski definition) is 2. The molecule has 1 aliphatic carbocycles. The van der Waals surface area contributed by atoms with Crippen molar-refractivity contribution in [2.45, 2.75) is 51.1 Å². The Morgan fingerprint density at radius 1 is 1.14 bits per heavy atom. The Kier molecular flexibility index (Phi) is 5.45. The van der Waals surface area contributed by atoms with Crippen LogP contribution < -0.4 is 5.32 Å². The summed E-state index contributed by atoms with van der Waals surface area (Å²) in [6.07, 6.45) is 4.33. The van der Waals surface area contributed by atoms with Crippen LogP contribution in [0.5, 0.6) is 0 Å². The molecule has 3 unspecified atom stereocenters. The Hall–Kier alpha value is -1.30. The van der Waals surface area contributed by atoms with Crippen LogP contribution in [0.3, 0.4) is 0 Å². The number of nitrogens with one attached hydrogen (secondary N) is 1. The lowest BCUT2D eigenvalue weighted by Crippen LogP contribution is -2.53. The molecule has 2 fully saturated rings. The van der Waals surface area contributed by atoms with Crippen molar-refractivity contribution in [2.24, 2.45) is 5.92 Å². The normalized spacial score (nSPS) is 31.5. The molecule has 1 saturated heterocycles. The number of carboxylic acids is 1. The fourth-order valence-corrected chi connectivity index (χ4v) is 3.51. The maximum atomic E-state index is 12.5. The Balaban J connectivity index is 1.97. The number of likely N-dealkylation sites (N-methyl/N-ethyl adjacent to an activating group) is 1. The largest absolute Gasteiger partial charge is 0.481 e. The van der Waals surface area contributed by atoms with E-state index in [1.54, 1.807) is 0 Å². The molecule has 21 heavy (non-hydrogen) atoms. The molecule has 2 N–H and O–H groups in total. The zero-order valence-electron chi connectivity index (χ0n) is 13.0. The summed E-state index contributed by atoms with van der Waals surface area (Å²) in [7, 11) is 2.07. The molecule has 1 saturated carbocycles. The lowest BCUT2D eigenvalue weighted by atomic mass is 9.84. The van der Waals surface area contributed by atoms with Crippen molar-refractivity contribution in [1.29, 1.82) is 0 Å². The molecule has 0 aromatic rings. The molecule has 2 aliphatic rings. The molecule has 1 aliphatic heterocycles. The van der Waals surface area contributed by atoms with Crippen molar-refractivity contribution < 1.29 is 14.7 Å². The number of amides is 2. The third-order valence-corrected chi connectivity index (χ3v) is 4.70. The van der Waals surface area contributed by atoms with Crippen LogP contribution in [0.4, 0.5) is 4.79 Å². The van der Waals surface area contributed by atoms with Crippen LogP contribution in [0.2, 0.25) is 0 Å². The molecule has 1 heterocycles. The van der Waals surface area contributed by atoms with Crippen LogP contribution >= 0.6 is 0 Å². The summed E-state index contributed by atoms with van der Waals surface area (Å²) in [6.45, 7) is 4.65. The van der Waals surface area contributed by atoms with Gasteiger partial charge in [0.15, 0.2) is 0 Å². The second-order valence-corrected chi connectivity index (χ2v) is 6.44. The van der Waals surface area contributed by atoms with E-state index in [0.29, 0.717) is 6.42 Å². The molecule has 6 nitrogen and oxygen atoms in total. The summed E-state index contributed by atoms with van der Waals surface area (Å²) >= 11 is 0. The average molecular weight is 297 g/mol. The quantitative estimate of drug-likeness (QED) is 0.807. The monoisotopic (exact) mass is 297 g/mol. The number of urea groups is 1. The van der Waals surface area contributed by atoms with E-state index in [1.807, 2.05) is 4.90 Å². The number of rotatable bonds is 2. The van der Waals surface area contributed by atoms with Crippen molar-refractivity contribution in [3.05, 3.63) is 0 Å². The van der Waals surface area contributed by atoms with Gasteiger partial charge < -0.3 is 20.2 Å². The van der Waals surface area contributed by atoms with Crippen molar-refractivity contribution in [2.75, 3.05) is 26.7 Å². The lowest BCUT2D eigenvalue weighted by molar-refractivity contribution is -0.143. The molecule has 120 valence electrons. The van der Waals surface area contributed by atoms with Gasteiger partial charge in [-0.05, 0) is 39.8 Å². The number of aliphatic carboxylic acids is 1. The van der Waals surface area contributed by atoms with Crippen LogP contribution in [-0.2, 0) is 4.79 Å². The zero-order valence-corrected chi connectivity index (χ0v) is 13.0. The van der Waals surface area contributed by atoms with Gasteiger partial charge in [0.25, 0.3) is 0 Å². The van der Waals surface area contributed by atoms with Gasteiger partial charge in [-0.1, -0.05) is 12.8 Å². The van der Waals surface area contributed by atoms with E-state index >= 15 is 0 Å². The van der Waals surface area contributed by atoms with Crippen LogP contribution in [0, 0.1) is 5.92 Å². The van der Waals surface area contributed by atoms with E-state index < -0.39 is 11.9 Å². The first-order chi connectivity index (χ1) is 9.99. The highest BCUT2D eigenvalue weighted by molar-refractivity contribution is 5.77. The Morgan fingerprint density at radius 2 is 1.86 bits per heavy atom. The van der Waals surface area contributed by atoms with Gasteiger partial charge in [-0.2, -0.15) is 0 Å². The topological polar surface area (TPSA) is 72.9 Å². The first-order valence-corrected chi connectivity index (χ1v) is 7.97. The minimum atomic E-state index is -0.788. The zero-order chi connectivity index (χ0) is 15.4. The number of hydrogen-bond acceptors (Lipinski definition) is 3. The summed E-state index contributed by atoms with van der Waals surface area (Å²) in [5.41, 5.74) is 0. The highest BCUT2D eigenvalue weighted by Gasteiger charge is 2.33. The summed E-state index contributed by atoms with van der Waals surface area (Å²) in [4.78, 5) is 27.9.